The average molecular weight is 765 g/mol. The first kappa shape index (κ1) is 51.6. The third-order valence-corrected chi connectivity index (χ3v) is 8.90. The van der Waals surface area contributed by atoms with E-state index in [0.29, 0.717) is 6.42 Å². The quantitative estimate of drug-likeness (QED) is 0.0270. The maximum Gasteiger partial charge on any atom is 0.309 e. The highest BCUT2D eigenvalue weighted by atomic mass is 16.6. The highest BCUT2D eigenvalue weighted by Gasteiger charge is 2.19. The van der Waals surface area contributed by atoms with Crippen molar-refractivity contribution in [2.24, 2.45) is 0 Å². The summed E-state index contributed by atoms with van der Waals surface area (Å²) in [5.41, 5.74) is 0. The maximum atomic E-state index is 12.7. The normalized spacial score (nSPS) is 12.9. The van der Waals surface area contributed by atoms with Gasteiger partial charge in [0.1, 0.15) is 13.2 Å². The van der Waals surface area contributed by atoms with Crippen LogP contribution in [0.15, 0.2) is 85.1 Å². The molecule has 0 aliphatic heterocycles. The van der Waals surface area contributed by atoms with Crippen LogP contribution in [0.5, 0.6) is 0 Å². The molecule has 0 aliphatic rings. The van der Waals surface area contributed by atoms with E-state index in [9.17, 15) is 14.4 Å². The standard InChI is InChI=1S/C49H80O6/c1-4-7-10-13-16-19-21-23-25-27-30-33-36-39-42-48(51)54-45-46(44-53-47(50)41-38-35-32-29-18-15-12-9-6-3)55-49(52)43-40-37-34-31-28-26-24-22-20-17-14-11-8-5-2/h7,9-10,12,16,18-19,23,25-26,28-29,35,38,46H,4-6,8,11,13-15,17,20-22,24,27,30-34,36-37,39-45H2,1-3H3/b10-7-,12-9-,19-16-,25-23-,28-26-,29-18-,38-35-. The van der Waals surface area contributed by atoms with Crippen molar-refractivity contribution in [2.75, 3.05) is 13.2 Å². The number of carbonyl (C=O) groups excluding carboxylic acids is 3. The fourth-order valence-corrected chi connectivity index (χ4v) is 5.63. The molecule has 312 valence electrons. The summed E-state index contributed by atoms with van der Waals surface area (Å²) in [6.45, 7) is 6.24. The molecule has 0 amide bonds. The first-order valence-electron chi connectivity index (χ1n) is 22.1. The SMILES string of the molecule is CC/C=C\C/C=C\C/C=C\CCCCCCC(=O)OCC(COC(=O)C/C=C\C/C=C\C/C=C\CC)OC(=O)CCCCC/C=C\CCCCCCCCC. The Balaban J connectivity index is 4.50. The highest BCUT2D eigenvalue weighted by molar-refractivity contribution is 5.72. The molecule has 0 saturated carbocycles. The molecule has 0 aliphatic carbocycles. The van der Waals surface area contributed by atoms with Gasteiger partial charge in [-0.1, -0.05) is 164 Å². The van der Waals surface area contributed by atoms with Crippen LogP contribution in [0.1, 0.15) is 188 Å². The molecule has 6 heteroatoms. The summed E-state index contributed by atoms with van der Waals surface area (Å²) in [7, 11) is 0. The molecule has 0 fully saturated rings. The van der Waals surface area contributed by atoms with Gasteiger partial charge in [0.15, 0.2) is 6.10 Å². The summed E-state index contributed by atoms with van der Waals surface area (Å²) in [6.07, 6.45) is 54.6. The number of rotatable bonds is 38. The topological polar surface area (TPSA) is 78.9 Å². The lowest BCUT2D eigenvalue weighted by molar-refractivity contribution is -0.166. The van der Waals surface area contributed by atoms with Crippen molar-refractivity contribution in [1.29, 1.82) is 0 Å². The monoisotopic (exact) mass is 765 g/mol. The van der Waals surface area contributed by atoms with Crippen LogP contribution in [0.4, 0.5) is 0 Å². The van der Waals surface area contributed by atoms with Crippen molar-refractivity contribution in [2.45, 2.75) is 194 Å². The van der Waals surface area contributed by atoms with Crippen molar-refractivity contribution >= 4 is 17.9 Å². The molecule has 0 saturated heterocycles. The Morgan fingerprint density at radius 2 is 0.782 bits per heavy atom. The minimum atomic E-state index is -0.826. The number of hydrogen-bond acceptors (Lipinski definition) is 6. The summed E-state index contributed by atoms with van der Waals surface area (Å²) in [5.74, 6) is -1.10. The summed E-state index contributed by atoms with van der Waals surface area (Å²) >= 11 is 0. The summed E-state index contributed by atoms with van der Waals surface area (Å²) in [5, 5.41) is 0. The largest absolute Gasteiger partial charge is 0.462 e. The average Bonchev–Trinajstić information content (AvgIpc) is 3.18. The minimum absolute atomic E-state index is 0.122. The van der Waals surface area contributed by atoms with Crippen molar-refractivity contribution < 1.29 is 28.6 Å². The second kappa shape index (κ2) is 43.3. The molecule has 6 nitrogen and oxygen atoms in total. The fraction of sp³-hybridized carbons (Fsp3) is 0.653. The van der Waals surface area contributed by atoms with Gasteiger partial charge in [-0.2, -0.15) is 0 Å². The Morgan fingerprint density at radius 1 is 0.400 bits per heavy atom. The van der Waals surface area contributed by atoms with Gasteiger partial charge in [0, 0.05) is 12.8 Å². The van der Waals surface area contributed by atoms with Crippen molar-refractivity contribution in [3.8, 4) is 0 Å². The van der Waals surface area contributed by atoms with Crippen molar-refractivity contribution in [1.82, 2.24) is 0 Å². The number of unbranched alkanes of at least 4 members (excludes halogenated alkanes) is 14. The Labute approximate surface area is 337 Å². The Kier molecular flexibility index (Phi) is 40.6. The van der Waals surface area contributed by atoms with E-state index in [-0.39, 0.29) is 38.0 Å². The lowest BCUT2D eigenvalue weighted by Crippen LogP contribution is -2.30. The van der Waals surface area contributed by atoms with E-state index in [2.05, 4.69) is 93.7 Å². The van der Waals surface area contributed by atoms with Crippen LogP contribution in [-0.4, -0.2) is 37.2 Å². The van der Waals surface area contributed by atoms with Gasteiger partial charge >= 0.3 is 17.9 Å². The summed E-state index contributed by atoms with van der Waals surface area (Å²) < 4.78 is 16.5. The smallest absolute Gasteiger partial charge is 0.309 e. The van der Waals surface area contributed by atoms with E-state index in [1.807, 2.05) is 6.08 Å². The molecule has 1 unspecified atom stereocenters. The fourth-order valence-electron chi connectivity index (χ4n) is 5.63. The number of allylic oxidation sites excluding steroid dienone is 13. The van der Waals surface area contributed by atoms with E-state index in [1.54, 1.807) is 6.08 Å². The Bertz CT molecular complexity index is 1110. The Hall–Kier alpha value is -3.41. The third kappa shape index (κ3) is 41.6. The highest BCUT2D eigenvalue weighted by Crippen LogP contribution is 2.12. The number of hydrogen-bond donors (Lipinski definition) is 0. The van der Waals surface area contributed by atoms with Crippen LogP contribution in [0.3, 0.4) is 0 Å². The summed E-state index contributed by atoms with van der Waals surface area (Å²) in [4.78, 5) is 37.6. The van der Waals surface area contributed by atoms with Gasteiger partial charge in [-0.15, -0.1) is 0 Å². The molecular weight excluding hydrogens is 685 g/mol. The van der Waals surface area contributed by atoms with E-state index in [4.69, 9.17) is 14.2 Å². The molecule has 0 rings (SSSR count). The Morgan fingerprint density at radius 3 is 1.31 bits per heavy atom. The van der Waals surface area contributed by atoms with E-state index in [0.717, 1.165) is 103 Å². The van der Waals surface area contributed by atoms with Crippen LogP contribution in [-0.2, 0) is 28.6 Å². The van der Waals surface area contributed by atoms with Gasteiger partial charge < -0.3 is 14.2 Å². The molecule has 0 aromatic carbocycles. The van der Waals surface area contributed by atoms with Crippen LogP contribution < -0.4 is 0 Å². The predicted molar refractivity (Wildman–Crippen MR) is 233 cm³/mol. The van der Waals surface area contributed by atoms with Gasteiger partial charge in [0.05, 0.1) is 6.42 Å². The zero-order chi connectivity index (χ0) is 40.1. The molecule has 1 atom stereocenters. The van der Waals surface area contributed by atoms with E-state index >= 15 is 0 Å². The van der Waals surface area contributed by atoms with E-state index < -0.39 is 12.1 Å². The van der Waals surface area contributed by atoms with Crippen molar-refractivity contribution in [3.63, 3.8) is 0 Å². The first-order valence-corrected chi connectivity index (χ1v) is 22.1. The molecule has 0 aromatic heterocycles. The van der Waals surface area contributed by atoms with Crippen LogP contribution >= 0.6 is 0 Å². The van der Waals surface area contributed by atoms with Gasteiger partial charge in [0.2, 0.25) is 0 Å². The molecule has 0 bridgehead atoms. The van der Waals surface area contributed by atoms with Gasteiger partial charge in [-0.25, -0.2) is 0 Å². The molecule has 0 aromatic rings. The second-order valence-corrected chi connectivity index (χ2v) is 14.2. The lowest BCUT2D eigenvalue weighted by atomic mass is 10.1. The molecule has 0 N–H and O–H groups in total. The number of carbonyl (C=O) groups is 3. The predicted octanol–water partition coefficient (Wildman–Crippen LogP) is 14.1. The minimum Gasteiger partial charge on any atom is -0.462 e. The van der Waals surface area contributed by atoms with Gasteiger partial charge in [-0.3, -0.25) is 14.4 Å². The number of esters is 3. The van der Waals surface area contributed by atoms with Gasteiger partial charge in [0.25, 0.3) is 0 Å². The van der Waals surface area contributed by atoms with Crippen LogP contribution in [0, 0.1) is 0 Å². The zero-order valence-corrected chi connectivity index (χ0v) is 35.4. The molecule has 0 spiro atoms. The van der Waals surface area contributed by atoms with Crippen molar-refractivity contribution in [3.05, 3.63) is 85.1 Å². The molecular formula is C49H80O6. The maximum absolute atomic E-state index is 12.7. The third-order valence-electron chi connectivity index (χ3n) is 8.90. The van der Waals surface area contributed by atoms with Gasteiger partial charge in [-0.05, 0) is 89.9 Å². The second-order valence-electron chi connectivity index (χ2n) is 14.2. The van der Waals surface area contributed by atoms with Crippen LogP contribution in [0.2, 0.25) is 0 Å². The molecule has 0 radical (unpaired) electrons. The first-order chi connectivity index (χ1) is 27.0. The molecule has 55 heavy (non-hydrogen) atoms. The lowest BCUT2D eigenvalue weighted by Gasteiger charge is -2.18. The number of ether oxygens (including phenoxy) is 3. The summed E-state index contributed by atoms with van der Waals surface area (Å²) in [6, 6.07) is 0. The van der Waals surface area contributed by atoms with E-state index in [1.165, 1.54) is 44.9 Å². The zero-order valence-electron chi connectivity index (χ0n) is 35.4. The molecule has 0 heterocycles. The van der Waals surface area contributed by atoms with Crippen LogP contribution in [0.25, 0.3) is 0 Å².